The van der Waals surface area contributed by atoms with Crippen molar-refractivity contribution < 1.29 is 9.90 Å². The van der Waals surface area contributed by atoms with Crippen molar-refractivity contribution in [3.63, 3.8) is 0 Å². The molecule has 1 rings (SSSR count). The summed E-state index contributed by atoms with van der Waals surface area (Å²) >= 11 is 0. The van der Waals surface area contributed by atoms with E-state index in [1.54, 1.807) is 0 Å². The lowest BCUT2D eigenvalue weighted by Gasteiger charge is -2.16. The Morgan fingerprint density at radius 2 is 1.92 bits per heavy atom. The Balaban J connectivity index is 3.01. The first-order chi connectivity index (χ1) is 5.91. The lowest BCUT2D eigenvalue weighted by molar-refractivity contribution is 0.0690. The number of carbonyl (C=O) groups is 1. The van der Waals surface area contributed by atoms with E-state index < -0.39 is 5.97 Å². The zero-order chi connectivity index (χ0) is 10.1. The molecule has 0 aliphatic rings. The fourth-order valence-corrected chi connectivity index (χ4v) is 0.826. The smallest absolute Gasteiger partial charge is 0.356 e. The molecule has 0 fully saturated rings. The van der Waals surface area contributed by atoms with Crippen LogP contribution in [0.3, 0.4) is 0 Å². The van der Waals surface area contributed by atoms with E-state index in [0.29, 0.717) is 0 Å². The Kier molecular flexibility index (Phi) is 2.32. The fourth-order valence-electron chi connectivity index (χ4n) is 0.826. The molecule has 1 heterocycles. The molecule has 0 unspecified atom stereocenters. The molecular weight excluding hydrogens is 168 g/mol. The summed E-state index contributed by atoms with van der Waals surface area (Å²) in [5.41, 5.74) is 0.676. The van der Waals surface area contributed by atoms with Crippen LogP contribution >= 0.6 is 0 Å². The summed E-state index contributed by atoms with van der Waals surface area (Å²) in [6.45, 7) is 5.99. The summed E-state index contributed by atoms with van der Waals surface area (Å²) in [4.78, 5) is 18.3. The number of aromatic nitrogens is 2. The summed E-state index contributed by atoms with van der Waals surface area (Å²) in [5.74, 6) is -1.05. The van der Waals surface area contributed by atoms with Crippen molar-refractivity contribution in [2.75, 3.05) is 0 Å². The number of nitrogens with zero attached hydrogens (tertiary/aromatic N) is 2. The van der Waals surface area contributed by atoms with Gasteiger partial charge in [0.15, 0.2) is 5.69 Å². The number of carboxylic acids is 1. The summed E-state index contributed by atoms with van der Waals surface area (Å²) in [6.07, 6.45) is 2.78. The van der Waals surface area contributed by atoms with Crippen molar-refractivity contribution in [2.45, 2.75) is 26.2 Å². The average molecular weight is 180 g/mol. The molecule has 0 saturated carbocycles. The van der Waals surface area contributed by atoms with Crippen LogP contribution in [0.1, 0.15) is 37.0 Å². The highest BCUT2D eigenvalue weighted by molar-refractivity contribution is 5.84. The van der Waals surface area contributed by atoms with Crippen molar-refractivity contribution in [3.8, 4) is 0 Å². The molecule has 0 amide bonds. The molecule has 13 heavy (non-hydrogen) atoms. The predicted molar refractivity (Wildman–Crippen MR) is 47.7 cm³/mol. The van der Waals surface area contributed by atoms with Crippen LogP contribution in [-0.2, 0) is 5.41 Å². The fraction of sp³-hybridized carbons (Fsp3) is 0.444. The quantitative estimate of drug-likeness (QED) is 0.710. The summed E-state index contributed by atoms with van der Waals surface area (Å²) in [5, 5.41) is 8.58. The second kappa shape index (κ2) is 3.12. The van der Waals surface area contributed by atoms with E-state index in [9.17, 15) is 4.79 Å². The molecule has 0 aliphatic carbocycles. The summed E-state index contributed by atoms with van der Waals surface area (Å²) in [6, 6.07) is 0. The minimum absolute atomic E-state index is 0.0204. The third-order valence-corrected chi connectivity index (χ3v) is 1.64. The van der Waals surface area contributed by atoms with Gasteiger partial charge in [-0.3, -0.25) is 4.98 Å². The third kappa shape index (κ3) is 2.24. The van der Waals surface area contributed by atoms with Gasteiger partial charge in [0.05, 0.1) is 11.9 Å². The second-order valence-electron chi connectivity index (χ2n) is 3.84. The molecule has 1 N–H and O–H groups in total. The molecule has 4 heteroatoms. The van der Waals surface area contributed by atoms with Gasteiger partial charge in [0, 0.05) is 11.6 Å². The molecule has 0 radical (unpaired) electrons. The predicted octanol–water partition coefficient (Wildman–Crippen LogP) is 1.47. The highest BCUT2D eigenvalue weighted by atomic mass is 16.4. The first-order valence-electron chi connectivity index (χ1n) is 3.97. The van der Waals surface area contributed by atoms with Crippen LogP contribution in [0.15, 0.2) is 12.4 Å². The van der Waals surface area contributed by atoms with E-state index in [1.165, 1.54) is 12.4 Å². The first-order valence-corrected chi connectivity index (χ1v) is 3.97. The summed E-state index contributed by atoms with van der Waals surface area (Å²) < 4.78 is 0. The van der Waals surface area contributed by atoms with Crippen molar-refractivity contribution in [1.29, 1.82) is 0 Å². The number of rotatable bonds is 1. The molecule has 0 bridgehead atoms. The maximum absolute atomic E-state index is 10.5. The van der Waals surface area contributed by atoms with E-state index in [1.807, 2.05) is 20.8 Å². The lowest BCUT2D eigenvalue weighted by Crippen LogP contribution is -2.15. The van der Waals surface area contributed by atoms with Gasteiger partial charge < -0.3 is 5.11 Å². The number of carboxylic acid groups (broad SMARTS) is 1. The maximum Gasteiger partial charge on any atom is 0.356 e. The Morgan fingerprint density at radius 3 is 2.23 bits per heavy atom. The van der Waals surface area contributed by atoms with Gasteiger partial charge in [-0.1, -0.05) is 20.8 Å². The van der Waals surface area contributed by atoms with Crippen molar-refractivity contribution in [2.24, 2.45) is 0 Å². The van der Waals surface area contributed by atoms with Gasteiger partial charge in [-0.15, -0.1) is 0 Å². The molecule has 1 aromatic rings. The molecular formula is C9H12N2O2. The first kappa shape index (κ1) is 9.64. The zero-order valence-corrected chi connectivity index (χ0v) is 7.90. The Morgan fingerprint density at radius 1 is 1.31 bits per heavy atom. The van der Waals surface area contributed by atoms with E-state index >= 15 is 0 Å². The SMILES string of the molecule is CC(C)(C)c1cnc(C(=O)O)cn1. The Bertz CT molecular complexity index is 311. The topological polar surface area (TPSA) is 63.1 Å². The summed E-state index contributed by atoms with van der Waals surface area (Å²) in [7, 11) is 0. The van der Waals surface area contributed by atoms with Crippen LogP contribution in [0.25, 0.3) is 0 Å². The van der Waals surface area contributed by atoms with Gasteiger partial charge in [-0.25, -0.2) is 9.78 Å². The van der Waals surface area contributed by atoms with Gasteiger partial charge in [0.1, 0.15) is 0 Å². The molecule has 0 aromatic carbocycles. The number of aromatic carboxylic acids is 1. The van der Waals surface area contributed by atoms with Crippen LogP contribution in [0.4, 0.5) is 0 Å². The van der Waals surface area contributed by atoms with E-state index in [0.717, 1.165) is 5.69 Å². The largest absolute Gasteiger partial charge is 0.476 e. The van der Waals surface area contributed by atoms with Gasteiger partial charge in [0.2, 0.25) is 0 Å². The number of hydrogen-bond acceptors (Lipinski definition) is 3. The molecule has 70 valence electrons. The average Bonchev–Trinajstić information content (AvgIpc) is 2.03. The van der Waals surface area contributed by atoms with E-state index in [2.05, 4.69) is 9.97 Å². The lowest BCUT2D eigenvalue weighted by atomic mass is 9.93. The van der Waals surface area contributed by atoms with Crippen molar-refractivity contribution >= 4 is 5.97 Å². The zero-order valence-electron chi connectivity index (χ0n) is 7.90. The normalized spacial score (nSPS) is 11.3. The maximum atomic E-state index is 10.5. The molecule has 4 nitrogen and oxygen atoms in total. The van der Waals surface area contributed by atoms with Gasteiger partial charge in [0.25, 0.3) is 0 Å². The van der Waals surface area contributed by atoms with Crippen LogP contribution in [-0.4, -0.2) is 21.0 Å². The van der Waals surface area contributed by atoms with Gasteiger partial charge >= 0.3 is 5.97 Å². The van der Waals surface area contributed by atoms with Crippen LogP contribution < -0.4 is 0 Å². The highest BCUT2D eigenvalue weighted by Gasteiger charge is 2.16. The minimum Gasteiger partial charge on any atom is -0.476 e. The monoisotopic (exact) mass is 180 g/mol. The van der Waals surface area contributed by atoms with E-state index in [-0.39, 0.29) is 11.1 Å². The van der Waals surface area contributed by atoms with Crippen molar-refractivity contribution in [3.05, 3.63) is 23.8 Å². The Labute approximate surface area is 76.7 Å². The van der Waals surface area contributed by atoms with Gasteiger partial charge in [-0.05, 0) is 0 Å². The Hall–Kier alpha value is -1.45. The molecule has 0 saturated heterocycles. The molecule has 0 spiro atoms. The molecule has 0 aliphatic heterocycles. The second-order valence-corrected chi connectivity index (χ2v) is 3.84. The van der Waals surface area contributed by atoms with Crippen molar-refractivity contribution in [1.82, 2.24) is 9.97 Å². The van der Waals surface area contributed by atoms with E-state index in [4.69, 9.17) is 5.11 Å². The third-order valence-electron chi connectivity index (χ3n) is 1.64. The highest BCUT2D eigenvalue weighted by Crippen LogP contribution is 2.18. The molecule has 0 atom stereocenters. The molecule has 1 aromatic heterocycles. The van der Waals surface area contributed by atoms with Gasteiger partial charge in [-0.2, -0.15) is 0 Å². The number of hydrogen-bond donors (Lipinski definition) is 1. The van der Waals surface area contributed by atoms with Crippen LogP contribution in [0, 0.1) is 0 Å². The van der Waals surface area contributed by atoms with Crippen LogP contribution in [0.2, 0.25) is 0 Å². The van der Waals surface area contributed by atoms with Crippen LogP contribution in [0.5, 0.6) is 0 Å². The standard InChI is InChI=1S/C9H12N2O2/c1-9(2,3)7-5-10-6(4-11-7)8(12)13/h4-5H,1-3H3,(H,12,13). The minimum atomic E-state index is -1.05.